The monoisotopic (exact) mass is 370 g/mol. The van der Waals surface area contributed by atoms with Crippen LogP contribution in [0.1, 0.15) is 28.9 Å². The zero-order valence-corrected chi connectivity index (χ0v) is 13.9. The van der Waals surface area contributed by atoms with Crippen molar-refractivity contribution in [1.29, 1.82) is 0 Å². The van der Waals surface area contributed by atoms with Crippen LogP contribution in [0.4, 0.5) is 0 Å². The summed E-state index contributed by atoms with van der Waals surface area (Å²) in [5, 5.41) is 0. The lowest BCUT2D eigenvalue weighted by molar-refractivity contribution is 1.11. The summed E-state index contributed by atoms with van der Waals surface area (Å²) in [7, 11) is 0. The van der Waals surface area contributed by atoms with Gasteiger partial charge in [0.1, 0.15) is 0 Å². The Labute approximate surface area is 128 Å². The van der Waals surface area contributed by atoms with Gasteiger partial charge in [0, 0.05) is 14.6 Å². The number of halogens is 1. The highest BCUT2D eigenvalue weighted by atomic mass is 127. The molecule has 0 N–H and O–H groups in total. The van der Waals surface area contributed by atoms with Crippen molar-refractivity contribution in [1.82, 2.24) is 0 Å². The van der Waals surface area contributed by atoms with E-state index in [9.17, 15) is 0 Å². The lowest BCUT2D eigenvalue weighted by atomic mass is 10.1. The molecule has 0 heterocycles. The predicted octanol–water partition coefficient (Wildman–Crippen LogP) is 6.06. The quantitative estimate of drug-likeness (QED) is 0.333. The van der Waals surface area contributed by atoms with Gasteiger partial charge in [-0.15, -0.1) is 11.8 Å². The van der Waals surface area contributed by atoms with E-state index < -0.39 is 0 Å². The fourth-order valence-corrected chi connectivity index (χ4v) is 2.93. The second-order valence-electron chi connectivity index (χ2n) is 3.95. The number of thioether (sulfide) groups is 1. The van der Waals surface area contributed by atoms with Gasteiger partial charge >= 0.3 is 0 Å². The average molecular weight is 370 g/mol. The Kier molecular flexibility index (Phi) is 7.44. The van der Waals surface area contributed by atoms with Crippen molar-refractivity contribution < 1.29 is 0 Å². The molecule has 1 unspecified atom stereocenters. The van der Waals surface area contributed by atoms with Gasteiger partial charge in [0.25, 0.3) is 0 Å². The molecule has 1 atom stereocenters. The molecule has 1 aromatic carbocycles. The zero-order valence-electron chi connectivity index (χ0n) is 10.9. The minimum Gasteiger partial charge on any atom is -0.122 e. The first-order chi connectivity index (χ1) is 8.65. The lowest BCUT2D eigenvalue weighted by Gasteiger charge is -2.11. The number of benzene rings is 1. The molecule has 0 saturated heterocycles. The van der Waals surface area contributed by atoms with E-state index in [2.05, 4.69) is 66.4 Å². The Hall–Kier alpha value is -0.480. The van der Waals surface area contributed by atoms with Gasteiger partial charge in [-0.05, 0) is 31.1 Å². The highest BCUT2D eigenvalue weighted by molar-refractivity contribution is 14.1. The molecule has 2 heteroatoms. The minimum atomic E-state index is 0.547. The van der Waals surface area contributed by atoms with Crippen molar-refractivity contribution in [2.24, 2.45) is 0 Å². The maximum atomic E-state index is 4.06. The second-order valence-corrected chi connectivity index (χ2v) is 6.92. The van der Waals surface area contributed by atoms with Crippen LogP contribution in [0.25, 0.3) is 0 Å². The van der Waals surface area contributed by atoms with Crippen LogP contribution in [-0.4, -0.2) is 0 Å². The lowest BCUT2D eigenvalue weighted by Crippen LogP contribution is -1.92. The molecular weight excluding hydrogens is 351 g/mol. The normalized spacial score (nSPS) is 13.3. The Morgan fingerprint density at radius 1 is 1.39 bits per heavy atom. The van der Waals surface area contributed by atoms with Gasteiger partial charge in [-0.25, -0.2) is 0 Å². The van der Waals surface area contributed by atoms with Gasteiger partial charge in [0.2, 0.25) is 0 Å². The second kappa shape index (κ2) is 8.59. The smallest absolute Gasteiger partial charge is 0.0334 e. The highest BCUT2D eigenvalue weighted by Crippen LogP contribution is 2.30. The summed E-state index contributed by atoms with van der Waals surface area (Å²) in [6.07, 6.45) is 8.12. The van der Waals surface area contributed by atoms with Crippen molar-refractivity contribution in [2.75, 3.05) is 0 Å². The van der Waals surface area contributed by atoms with Crippen LogP contribution in [0.5, 0.6) is 0 Å². The van der Waals surface area contributed by atoms with Crippen LogP contribution in [0.3, 0.4) is 0 Å². The summed E-state index contributed by atoms with van der Waals surface area (Å²) < 4.78 is 0.547. The van der Waals surface area contributed by atoms with E-state index in [0.717, 1.165) is 10.7 Å². The number of hydrogen-bond acceptors (Lipinski definition) is 1. The number of rotatable bonds is 6. The Bertz CT molecular complexity index is 444. The number of allylic oxidation sites excluding steroid dienone is 4. The maximum Gasteiger partial charge on any atom is 0.0334 e. The van der Waals surface area contributed by atoms with Crippen molar-refractivity contribution in [3.8, 4) is 0 Å². The summed E-state index contributed by atoms with van der Waals surface area (Å²) in [5.41, 5.74) is 2.83. The molecule has 0 nitrogen and oxygen atoms in total. The van der Waals surface area contributed by atoms with Crippen LogP contribution in [0.2, 0.25) is 0 Å². The molecule has 0 amide bonds. The first kappa shape index (κ1) is 15.6. The summed E-state index contributed by atoms with van der Waals surface area (Å²) in [4.78, 5) is 1.10. The predicted molar refractivity (Wildman–Crippen MR) is 93.3 cm³/mol. The standard InChI is InChI=1S/C16H19IS/c1-4-5-6-9-13(2)18-12-15-10-7-8-11-16(15)14(3)17/h4-11,14H,2,12H2,1,3H3/b5-4-,9-6-. The van der Waals surface area contributed by atoms with Crippen molar-refractivity contribution >= 4 is 34.4 Å². The van der Waals surface area contributed by atoms with Gasteiger partial charge in [-0.2, -0.15) is 0 Å². The molecule has 96 valence electrons. The number of alkyl halides is 1. The van der Waals surface area contributed by atoms with Crippen LogP contribution < -0.4 is 0 Å². The molecule has 18 heavy (non-hydrogen) atoms. The third kappa shape index (κ3) is 5.44. The van der Waals surface area contributed by atoms with Crippen molar-refractivity contribution in [3.63, 3.8) is 0 Å². The molecule has 0 aromatic heterocycles. The Balaban J connectivity index is 2.61. The van der Waals surface area contributed by atoms with Crippen molar-refractivity contribution in [3.05, 3.63) is 71.2 Å². The van der Waals surface area contributed by atoms with E-state index >= 15 is 0 Å². The van der Waals surface area contributed by atoms with E-state index in [0.29, 0.717) is 3.92 Å². The zero-order chi connectivity index (χ0) is 13.4. The Morgan fingerprint density at radius 3 is 2.78 bits per heavy atom. The van der Waals surface area contributed by atoms with Crippen LogP contribution in [-0.2, 0) is 5.75 Å². The van der Waals surface area contributed by atoms with Gasteiger partial charge in [0.15, 0.2) is 0 Å². The van der Waals surface area contributed by atoms with Crippen molar-refractivity contribution in [2.45, 2.75) is 23.5 Å². The molecule has 0 fully saturated rings. The van der Waals surface area contributed by atoms with E-state index in [-0.39, 0.29) is 0 Å². The molecule has 1 aromatic rings. The average Bonchev–Trinajstić information content (AvgIpc) is 2.37. The summed E-state index contributed by atoms with van der Waals surface area (Å²) in [6, 6.07) is 8.64. The topological polar surface area (TPSA) is 0 Å². The van der Waals surface area contributed by atoms with Crippen LogP contribution >= 0.6 is 34.4 Å². The minimum absolute atomic E-state index is 0.547. The first-order valence-corrected chi connectivity index (χ1v) is 8.21. The fraction of sp³-hybridized carbons (Fsp3) is 0.250. The molecule has 0 bridgehead atoms. The van der Waals surface area contributed by atoms with E-state index in [1.165, 1.54) is 11.1 Å². The summed E-state index contributed by atoms with van der Waals surface area (Å²) in [5.74, 6) is 0.989. The molecule has 1 rings (SSSR count). The third-order valence-corrected chi connectivity index (χ3v) is 4.12. The van der Waals surface area contributed by atoms with E-state index in [1.807, 2.05) is 25.2 Å². The van der Waals surface area contributed by atoms with E-state index in [1.54, 1.807) is 11.8 Å². The van der Waals surface area contributed by atoms with Crippen LogP contribution in [0, 0.1) is 0 Å². The Morgan fingerprint density at radius 2 is 2.11 bits per heavy atom. The SMILES string of the molecule is C=C(/C=C\C=C/C)SCc1ccccc1C(C)I. The molecule has 0 aliphatic carbocycles. The molecule has 0 spiro atoms. The number of hydrogen-bond donors (Lipinski definition) is 0. The molecule has 0 aliphatic rings. The van der Waals surface area contributed by atoms with Crippen LogP contribution in [0.15, 0.2) is 60.1 Å². The first-order valence-electron chi connectivity index (χ1n) is 5.98. The molecule has 0 aliphatic heterocycles. The maximum absolute atomic E-state index is 4.06. The van der Waals surface area contributed by atoms with Gasteiger partial charge in [0.05, 0.1) is 0 Å². The summed E-state index contributed by atoms with van der Waals surface area (Å²) >= 11 is 4.26. The fourth-order valence-electron chi connectivity index (χ4n) is 1.55. The third-order valence-electron chi connectivity index (χ3n) is 2.48. The van der Waals surface area contributed by atoms with Gasteiger partial charge in [-0.3, -0.25) is 0 Å². The van der Waals surface area contributed by atoms with Gasteiger partial charge < -0.3 is 0 Å². The molecule has 0 saturated carbocycles. The van der Waals surface area contributed by atoms with Gasteiger partial charge in [-0.1, -0.05) is 71.7 Å². The van der Waals surface area contributed by atoms with E-state index in [4.69, 9.17) is 0 Å². The summed E-state index contributed by atoms with van der Waals surface area (Å²) in [6.45, 7) is 8.30. The largest absolute Gasteiger partial charge is 0.122 e. The molecule has 0 radical (unpaired) electrons. The highest BCUT2D eigenvalue weighted by Gasteiger charge is 2.06. The molecular formula is C16H19IS.